The fourth-order valence-corrected chi connectivity index (χ4v) is 4.05. The lowest BCUT2D eigenvalue weighted by molar-refractivity contribution is 0.235. The Balaban J connectivity index is 1.15. The van der Waals surface area contributed by atoms with Gasteiger partial charge in [0.05, 0.1) is 31.3 Å². The van der Waals surface area contributed by atoms with Crippen molar-refractivity contribution in [2.75, 3.05) is 51.3 Å². The molecule has 0 bridgehead atoms. The van der Waals surface area contributed by atoms with Crippen molar-refractivity contribution >= 4 is 5.95 Å². The molecule has 2 aromatic heterocycles. The van der Waals surface area contributed by atoms with Gasteiger partial charge in [-0.25, -0.2) is 9.97 Å². The molecule has 2 aromatic rings. The third-order valence-electron chi connectivity index (χ3n) is 5.79. The van der Waals surface area contributed by atoms with Gasteiger partial charge in [-0.05, 0) is 52.0 Å². The average molecular weight is 413 g/mol. The third kappa shape index (κ3) is 5.36. The molecule has 1 aliphatic heterocycles. The second-order valence-electron chi connectivity index (χ2n) is 8.04. The highest BCUT2D eigenvalue weighted by atomic mass is 16.5. The monoisotopic (exact) mass is 412 g/mol. The molecule has 3 heterocycles. The van der Waals surface area contributed by atoms with Crippen LogP contribution in [0.1, 0.15) is 42.8 Å². The summed E-state index contributed by atoms with van der Waals surface area (Å²) in [5.41, 5.74) is 3.22. The third-order valence-corrected chi connectivity index (χ3v) is 5.79. The van der Waals surface area contributed by atoms with Crippen LogP contribution in [0.2, 0.25) is 0 Å². The van der Waals surface area contributed by atoms with E-state index in [9.17, 15) is 0 Å². The van der Waals surface area contributed by atoms with Gasteiger partial charge in [0.2, 0.25) is 17.7 Å². The van der Waals surface area contributed by atoms with Crippen molar-refractivity contribution in [2.45, 2.75) is 45.4 Å². The van der Waals surface area contributed by atoms with E-state index in [1.165, 1.54) is 12.8 Å². The van der Waals surface area contributed by atoms with Gasteiger partial charge in [-0.1, -0.05) is 0 Å². The van der Waals surface area contributed by atoms with Crippen LogP contribution in [0.3, 0.4) is 0 Å². The minimum atomic E-state index is 0.628. The quantitative estimate of drug-likeness (QED) is 0.612. The second-order valence-corrected chi connectivity index (χ2v) is 8.04. The van der Waals surface area contributed by atoms with Gasteiger partial charge in [0.15, 0.2) is 0 Å². The molecule has 162 valence electrons. The number of aryl methyl sites for hydroxylation is 3. The molecule has 0 amide bonds. The highest BCUT2D eigenvalue weighted by Crippen LogP contribution is 2.20. The normalized spacial score (nSPS) is 16.9. The van der Waals surface area contributed by atoms with Gasteiger partial charge in [0.1, 0.15) is 0 Å². The van der Waals surface area contributed by atoms with Crippen molar-refractivity contribution in [2.24, 2.45) is 0 Å². The van der Waals surface area contributed by atoms with Crippen LogP contribution in [0.15, 0.2) is 12.3 Å². The molecule has 1 saturated heterocycles. The Kier molecular flexibility index (Phi) is 6.94. The molecule has 0 N–H and O–H groups in total. The zero-order chi connectivity index (χ0) is 20.8. The zero-order valence-corrected chi connectivity index (χ0v) is 18.1. The number of rotatable bonds is 8. The Labute approximate surface area is 178 Å². The molecule has 1 aliphatic carbocycles. The Bertz CT molecular complexity index is 838. The van der Waals surface area contributed by atoms with Crippen molar-refractivity contribution in [3.05, 3.63) is 29.3 Å². The number of fused-ring (bicyclic) bond motifs is 1. The van der Waals surface area contributed by atoms with Gasteiger partial charge in [-0.2, -0.15) is 4.98 Å². The van der Waals surface area contributed by atoms with Crippen LogP contribution in [0, 0.1) is 6.92 Å². The summed E-state index contributed by atoms with van der Waals surface area (Å²) in [5.74, 6) is 2.08. The maximum Gasteiger partial charge on any atom is 0.232 e. The van der Waals surface area contributed by atoms with E-state index in [0.29, 0.717) is 18.4 Å². The minimum Gasteiger partial charge on any atom is -0.481 e. The maximum absolute atomic E-state index is 5.84. The van der Waals surface area contributed by atoms with Crippen molar-refractivity contribution in [3.63, 3.8) is 0 Å². The van der Waals surface area contributed by atoms with E-state index in [2.05, 4.69) is 29.7 Å². The number of anilines is 1. The number of methoxy groups -OCH3 is 1. The number of hydrogen-bond acceptors (Lipinski definition) is 8. The van der Waals surface area contributed by atoms with E-state index in [-0.39, 0.29) is 0 Å². The zero-order valence-electron chi connectivity index (χ0n) is 18.1. The van der Waals surface area contributed by atoms with Crippen molar-refractivity contribution in [3.8, 4) is 11.8 Å². The standard InChI is InChI=1S/C22H32N6O2/c1-17-15-20(29-2)26-22(24-17)28-12-10-27(11-13-28)9-5-6-14-30-21-16-23-18-7-3-4-8-19(18)25-21/h15-16H,3-14H2,1-2H3. The first kappa shape index (κ1) is 20.8. The van der Waals surface area contributed by atoms with Gasteiger partial charge >= 0.3 is 0 Å². The topological polar surface area (TPSA) is 76.5 Å². The van der Waals surface area contributed by atoms with Crippen molar-refractivity contribution in [1.29, 1.82) is 0 Å². The molecular weight excluding hydrogens is 380 g/mol. The van der Waals surface area contributed by atoms with Crippen LogP contribution in [0.25, 0.3) is 0 Å². The Hall–Kier alpha value is -2.48. The number of aromatic nitrogens is 4. The first-order valence-electron chi connectivity index (χ1n) is 11.1. The van der Waals surface area contributed by atoms with Crippen LogP contribution in [-0.2, 0) is 12.8 Å². The first-order valence-corrected chi connectivity index (χ1v) is 11.1. The predicted molar refractivity (Wildman–Crippen MR) is 115 cm³/mol. The van der Waals surface area contributed by atoms with Gasteiger partial charge in [-0.15, -0.1) is 0 Å². The van der Waals surface area contributed by atoms with Crippen molar-refractivity contribution in [1.82, 2.24) is 24.8 Å². The second kappa shape index (κ2) is 10.0. The summed E-state index contributed by atoms with van der Waals surface area (Å²) in [7, 11) is 1.64. The summed E-state index contributed by atoms with van der Waals surface area (Å²) >= 11 is 0. The summed E-state index contributed by atoms with van der Waals surface area (Å²) in [5, 5.41) is 0. The Morgan fingerprint density at radius 2 is 1.73 bits per heavy atom. The smallest absolute Gasteiger partial charge is 0.232 e. The lowest BCUT2D eigenvalue weighted by Gasteiger charge is -2.34. The van der Waals surface area contributed by atoms with E-state index in [1.807, 2.05) is 13.0 Å². The summed E-state index contributed by atoms with van der Waals surface area (Å²) in [6.45, 7) is 7.69. The Morgan fingerprint density at radius 3 is 2.53 bits per heavy atom. The molecule has 0 aromatic carbocycles. The first-order chi connectivity index (χ1) is 14.7. The lowest BCUT2D eigenvalue weighted by Crippen LogP contribution is -2.47. The SMILES string of the molecule is COc1cc(C)nc(N2CCN(CCCCOc3cnc4c(n3)CCCC4)CC2)n1. The molecule has 4 rings (SSSR count). The molecular formula is C22H32N6O2. The molecule has 0 radical (unpaired) electrons. The van der Waals surface area contributed by atoms with Gasteiger partial charge < -0.3 is 14.4 Å². The van der Waals surface area contributed by atoms with Crippen LogP contribution >= 0.6 is 0 Å². The molecule has 2 aliphatic rings. The molecule has 0 spiro atoms. The number of piperazine rings is 1. The van der Waals surface area contributed by atoms with Gasteiger partial charge in [0, 0.05) is 37.9 Å². The molecule has 1 fully saturated rings. The van der Waals surface area contributed by atoms with Gasteiger partial charge in [-0.3, -0.25) is 9.88 Å². The predicted octanol–water partition coefficient (Wildman–Crippen LogP) is 2.44. The molecule has 8 heteroatoms. The van der Waals surface area contributed by atoms with E-state index >= 15 is 0 Å². The fourth-order valence-electron chi connectivity index (χ4n) is 4.05. The molecule has 0 unspecified atom stereocenters. The number of hydrogen-bond donors (Lipinski definition) is 0. The number of unbranched alkanes of at least 4 members (excludes halogenated alkanes) is 1. The summed E-state index contributed by atoms with van der Waals surface area (Å²) in [4.78, 5) is 22.9. The van der Waals surface area contributed by atoms with Crippen molar-refractivity contribution < 1.29 is 9.47 Å². The van der Waals surface area contributed by atoms with E-state index < -0.39 is 0 Å². The average Bonchev–Trinajstić information content (AvgIpc) is 2.78. The highest BCUT2D eigenvalue weighted by Gasteiger charge is 2.19. The van der Waals surface area contributed by atoms with E-state index in [1.54, 1.807) is 13.3 Å². The fraction of sp³-hybridized carbons (Fsp3) is 0.636. The van der Waals surface area contributed by atoms with Gasteiger partial charge in [0.25, 0.3) is 0 Å². The van der Waals surface area contributed by atoms with Crippen LogP contribution in [0.4, 0.5) is 5.95 Å². The van der Waals surface area contributed by atoms with E-state index in [4.69, 9.17) is 9.47 Å². The molecule has 30 heavy (non-hydrogen) atoms. The molecule has 0 saturated carbocycles. The minimum absolute atomic E-state index is 0.628. The highest BCUT2D eigenvalue weighted by molar-refractivity contribution is 5.35. The Morgan fingerprint density at radius 1 is 0.933 bits per heavy atom. The number of nitrogens with zero attached hydrogens (tertiary/aromatic N) is 6. The van der Waals surface area contributed by atoms with Crippen LogP contribution in [0.5, 0.6) is 11.8 Å². The van der Waals surface area contributed by atoms with E-state index in [0.717, 1.165) is 81.4 Å². The van der Waals surface area contributed by atoms with Crippen LogP contribution in [-0.4, -0.2) is 71.3 Å². The number of ether oxygens (including phenoxy) is 2. The molecule has 8 nitrogen and oxygen atoms in total. The molecule has 0 atom stereocenters. The summed E-state index contributed by atoms with van der Waals surface area (Å²) in [6.07, 6.45) is 8.45. The summed E-state index contributed by atoms with van der Waals surface area (Å²) < 4.78 is 11.1. The lowest BCUT2D eigenvalue weighted by atomic mass is 10.0. The maximum atomic E-state index is 5.84. The summed E-state index contributed by atoms with van der Waals surface area (Å²) in [6, 6.07) is 1.86. The largest absolute Gasteiger partial charge is 0.481 e. The van der Waals surface area contributed by atoms with Crippen LogP contribution < -0.4 is 14.4 Å².